The molecule has 0 unspecified atom stereocenters. The van der Waals surface area contributed by atoms with Crippen LogP contribution in [0.2, 0.25) is 0 Å². The maximum atomic E-state index is 11.7. The number of nitrogens with one attached hydrogen (secondary N) is 1. The van der Waals surface area contributed by atoms with Crippen LogP contribution in [0.4, 0.5) is 0 Å². The second-order valence-corrected chi connectivity index (χ2v) is 3.77. The van der Waals surface area contributed by atoms with Crippen molar-refractivity contribution in [3.63, 3.8) is 0 Å². The third-order valence-corrected chi connectivity index (χ3v) is 2.51. The minimum absolute atomic E-state index is 0.169. The number of benzene rings is 1. The maximum Gasteiger partial charge on any atom is 0.264 e. The molecular weight excluding hydrogens is 246 g/mol. The first-order valence-corrected chi connectivity index (χ1v) is 5.74. The van der Waals surface area contributed by atoms with E-state index in [4.69, 9.17) is 10.5 Å². The number of amides is 1. The number of primary amides is 1. The number of carbonyl (C=O) groups excluding carboxylic acids is 1. The topological polar surface area (TPSA) is 98.1 Å². The number of rotatable bonds is 4. The van der Waals surface area contributed by atoms with Crippen molar-refractivity contribution in [2.75, 3.05) is 6.61 Å². The lowest BCUT2D eigenvalue weighted by Gasteiger charge is -2.09. The fraction of sp³-hybridized carbons (Fsp3) is 0.154. The Kier molecular flexibility index (Phi) is 3.61. The van der Waals surface area contributed by atoms with Crippen LogP contribution in [-0.2, 0) is 0 Å². The lowest BCUT2D eigenvalue weighted by molar-refractivity contribution is 0.0998. The van der Waals surface area contributed by atoms with Gasteiger partial charge in [-0.25, -0.2) is 4.98 Å². The predicted molar refractivity (Wildman–Crippen MR) is 70.0 cm³/mol. The molecule has 0 spiro atoms. The van der Waals surface area contributed by atoms with E-state index in [1.807, 2.05) is 13.0 Å². The Morgan fingerprint density at radius 3 is 2.79 bits per heavy atom. The molecule has 0 atom stereocenters. The Hall–Kier alpha value is -2.63. The lowest BCUT2D eigenvalue weighted by atomic mass is 10.2. The first-order chi connectivity index (χ1) is 9.13. The maximum absolute atomic E-state index is 11.7. The van der Waals surface area contributed by atoms with E-state index in [1.165, 1.54) is 6.20 Å². The summed E-state index contributed by atoms with van der Waals surface area (Å²) in [6.07, 6.45) is 1.17. The highest BCUT2D eigenvalue weighted by Crippen LogP contribution is 2.26. The summed E-state index contributed by atoms with van der Waals surface area (Å²) in [7, 11) is 0. The summed E-state index contributed by atoms with van der Waals surface area (Å²) in [6.45, 7) is 2.36. The van der Waals surface area contributed by atoms with Gasteiger partial charge in [-0.2, -0.15) is 0 Å². The van der Waals surface area contributed by atoms with E-state index in [-0.39, 0.29) is 5.56 Å². The fourth-order valence-corrected chi connectivity index (χ4v) is 1.65. The van der Waals surface area contributed by atoms with Gasteiger partial charge in [-0.1, -0.05) is 12.1 Å². The smallest absolute Gasteiger partial charge is 0.264 e. The molecule has 1 aromatic heterocycles. The van der Waals surface area contributed by atoms with Gasteiger partial charge >= 0.3 is 0 Å². The van der Waals surface area contributed by atoms with E-state index in [0.717, 1.165) is 0 Å². The summed E-state index contributed by atoms with van der Waals surface area (Å²) in [5, 5.41) is 0. The van der Waals surface area contributed by atoms with Gasteiger partial charge in [-0.3, -0.25) is 9.59 Å². The molecule has 0 aliphatic carbocycles. The van der Waals surface area contributed by atoms with Crippen LogP contribution in [-0.4, -0.2) is 22.5 Å². The zero-order chi connectivity index (χ0) is 13.8. The molecular formula is C13H13N3O3. The van der Waals surface area contributed by atoms with Crippen molar-refractivity contribution in [2.45, 2.75) is 6.92 Å². The van der Waals surface area contributed by atoms with Crippen molar-refractivity contribution < 1.29 is 9.53 Å². The van der Waals surface area contributed by atoms with Crippen LogP contribution in [0.25, 0.3) is 11.4 Å². The number of H-pyrrole nitrogens is 1. The number of hydrogen-bond donors (Lipinski definition) is 2. The molecule has 1 heterocycles. The Morgan fingerprint density at radius 1 is 1.42 bits per heavy atom. The van der Waals surface area contributed by atoms with Gasteiger partial charge in [0.2, 0.25) is 0 Å². The molecule has 1 amide bonds. The zero-order valence-corrected chi connectivity index (χ0v) is 10.3. The summed E-state index contributed by atoms with van der Waals surface area (Å²) in [5.41, 5.74) is 4.97. The second-order valence-electron chi connectivity index (χ2n) is 3.77. The number of aromatic amines is 1. The number of aromatic nitrogens is 2. The predicted octanol–water partition coefficient (Wildman–Crippen LogP) is 0.934. The number of nitrogens with two attached hydrogens (primary N) is 1. The van der Waals surface area contributed by atoms with Crippen molar-refractivity contribution in [3.8, 4) is 17.1 Å². The molecule has 0 saturated heterocycles. The quantitative estimate of drug-likeness (QED) is 0.853. The first-order valence-electron chi connectivity index (χ1n) is 5.74. The number of ether oxygens (including phenoxy) is 1. The highest BCUT2D eigenvalue weighted by Gasteiger charge is 2.11. The first kappa shape index (κ1) is 12.8. The SMILES string of the molecule is CCOc1ccccc1-c1ncc(C(N)=O)c(=O)[nH]1. The molecule has 3 N–H and O–H groups in total. The van der Waals surface area contributed by atoms with Gasteiger partial charge < -0.3 is 15.5 Å². The molecule has 0 fully saturated rings. The number of carbonyl (C=O) groups is 1. The molecule has 0 radical (unpaired) electrons. The van der Waals surface area contributed by atoms with Crippen LogP contribution in [0, 0.1) is 0 Å². The summed E-state index contributed by atoms with van der Waals surface area (Å²) in [6, 6.07) is 7.18. The average Bonchev–Trinajstić information content (AvgIpc) is 2.39. The second kappa shape index (κ2) is 5.34. The molecule has 1 aromatic carbocycles. The van der Waals surface area contributed by atoms with E-state index in [0.29, 0.717) is 23.7 Å². The molecule has 0 bridgehead atoms. The van der Waals surface area contributed by atoms with Crippen molar-refractivity contribution in [1.29, 1.82) is 0 Å². The van der Waals surface area contributed by atoms with Crippen LogP contribution in [0.3, 0.4) is 0 Å². The van der Waals surface area contributed by atoms with Gasteiger partial charge in [-0.15, -0.1) is 0 Å². The Labute approximate surface area is 109 Å². The van der Waals surface area contributed by atoms with Crippen LogP contribution in [0.5, 0.6) is 5.75 Å². The van der Waals surface area contributed by atoms with Crippen molar-refractivity contribution in [1.82, 2.24) is 9.97 Å². The fourth-order valence-electron chi connectivity index (χ4n) is 1.65. The third kappa shape index (κ3) is 2.62. The molecule has 6 heteroatoms. The molecule has 98 valence electrons. The zero-order valence-electron chi connectivity index (χ0n) is 10.3. The van der Waals surface area contributed by atoms with E-state index < -0.39 is 11.5 Å². The van der Waals surface area contributed by atoms with E-state index in [2.05, 4.69) is 9.97 Å². The number of hydrogen-bond acceptors (Lipinski definition) is 4. The van der Waals surface area contributed by atoms with Crippen LogP contribution in [0.15, 0.2) is 35.3 Å². The molecule has 19 heavy (non-hydrogen) atoms. The largest absolute Gasteiger partial charge is 0.493 e. The highest BCUT2D eigenvalue weighted by atomic mass is 16.5. The van der Waals surface area contributed by atoms with Crippen LogP contribution in [0.1, 0.15) is 17.3 Å². The molecule has 2 aromatic rings. The molecule has 0 saturated carbocycles. The normalized spacial score (nSPS) is 10.2. The Bertz CT molecular complexity index is 664. The van der Waals surface area contributed by atoms with E-state index in [1.54, 1.807) is 18.2 Å². The third-order valence-electron chi connectivity index (χ3n) is 2.51. The molecule has 0 aliphatic heterocycles. The van der Waals surface area contributed by atoms with E-state index in [9.17, 15) is 9.59 Å². The van der Waals surface area contributed by atoms with Gasteiger partial charge in [0.05, 0.1) is 12.2 Å². The molecule has 2 rings (SSSR count). The van der Waals surface area contributed by atoms with Crippen LogP contribution < -0.4 is 16.0 Å². The number of nitrogens with zero attached hydrogens (tertiary/aromatic N) is 1. The Balaban J connectivity index is 2.51. The van der Waals surface area contributed by atoms with Crippen LogP contribution >= 0.6 is 0 Å². The summed E-state index contributed by atoms with van der Waals surface area (Å²) < 4.78 is 5.46. The summed E-state index contributed by atoms with van der Waals surface area (Å²) >= 11 is 0. The minimum atomic E-state index is -0.807. The van der Waals surface area contributed by atoms with Gasteiger partial charge in [-0.05, 0) is 19.1 Å². The van der Waals surface area contributed by atoms with Gasteiger partial charge in [0.25, 0.3) is 11.5 Å². The average molecular weight is 259 g/mol. The highest BCUT2D eigenvalue weighted by molar-refractivity contribution is 5.92. The Morgan fingerprint density at radius 2 is 2.16 bits per heavy atom. The molecule has 6 nitrogen and oxygen atoms in total. The molecule has 0 aliphatic rings. The van der Waals surface area contributed by atoms with Crippen molar-refractivity contribution in [2.24, 2.45) is 5.73 Å². The summed E-state index contributed by atoms with van der Waals surface area (Å²) in [4.78, 5) is 29.2. The van der Waals surface area contributed by atoms with Crippen molar-refractivity contribution in [3.05, 3.63) is 46.4 Å². The standard InChI is InChI=1S/C13H13N3O3/c1-2-19-10-6-4-3-5-8(10)12-15-7-9(11(14)17)13(18)16-12/h3-7H,2H2,1H3,(H2,14,17)(H,15,16,18). The van der Waals surface area contributed by atoms with Gasteiger partial charge in [0.1, 0.15) is 17.1 Å². The summed E-state index contributed by atoms with van der Waals surface area (Å²) in [5.74, 6) is 0.136. The lowest BCUT2D eigenvalue weighted by Crippen LogP contribution is -2.24. The minimum Gasteiger partial charge on any atom is -0.493 e. The van der Waals surface area contributed by atoms with Gasteiger partial charge in [0, 0.05) is 6.20 Å². The monoisotopic (exact) mass is 259 g/mol. The van der Waals surface area contributed by atoms with E-state index >= 15 is 0 Å². The van der Waals surface area contributed by atoms with Crippen molar-refractivity contribution >= 4 is 5.91 Å². The number of para-hydroxylation sites is 1. The van der Waals surface area contributed by atoms with Gasteiger partial charge in [0.15, 0.2) is 0 Å².